The summed E-state index contributed by atoms with van der Waals surface area (Å²) in [5.74, 6) is 0.653. The fraction of sp³-hybridized carbons (Fsp3) is 0.667. The number of nitrogens with zero attached hydrogens (tertiary/aromatic N) is 2. The van der Waals surface area contributed by atoms with E-state index in [-0.39, 0.29) is 5.97 Å². The molecule has 0 radical (unpaired) electrons. The molecule has 0 saturated carbocycles. The van der Waals surface area contributed by atoms with Gasteiger partial charge in [-0.3, -0.25) is 0 Å². The molecule has 1 rings (SSSR count). The van der Waals surface area contributed by atoms with Gasteiger partial charge in [0.15, 0.2) is 6.04 Å². The van der Waals surface area contributed by atoms with Crippen LogP contribution in [0.2, 0.25) is 0 Å². The topological polar surface area (TPSA) is 51.0 Å². The highest BCUT2D eigenvalue weighted by Crippen LogP contribution is 2.14. The predicted octanol–water partition coefficient (Wildman–Crippen LogP) is 2.21. The van der Waals surface area contributed by atoms with Crippen LogP contribution in [-0.2, 0) is 9.53 Å². The van der Waals surface area contributed by atoms with Crippen LogP contribution in [0.3, 0.4) is 0 Å². The highest BCUT2D eigenvalue weighted by molar-refractivity contribution is 7.82. The number of esters is 1. The molecule has 0 aromatic rings. The van der Waals surface area contributed by atoms with E-state index in [4.69, 9.17) is 17.0 Å². The fourth-order valence-electron chi connectivity index (χ4n) is 1.60. The average Bonchev–Trinajstić information content (AvgIpc) is 2.22. The minimum Gasteiger partial charge on any atom is -0.464 e. The first-order valence-electron chi connectivity index (χ1n) is 5.78. The van der Waals surface area contributed by atoms with Crippen molar-refractivity contribution in [1.29, 1.82) is 0 Å². The van der Waals surface area contributed by atoms with Crippen LogP contribution >= 0.6 is 12.2 Å². The van der Waals surface area contributed by atoms with Crippen molar-refractivity contribution >= 4 is 34.6 Å². The lowest BCUT2D eigenvalue weighted by Crippen LogP contribution is -2.38. The maximum Gasteiger partial charge on any atom is 0.336 e. The molecule has 17 heavy (non-hydrogen) atoms. The van der Waals surface area contributed by atoms with Crippen molar-refractivity contribution in [2.45, 2.75) is 40.2 Å². The van der Waals surface area contributed by atoms with Crippen LogP contribution in [0, 0.1) is 5.92 Å². The van der Waals surface area contributed by atoms with Gasteiger partial charge in [-0.1, -0.05) is 26.1 Å². The quantitative estimate of drug-likeness (QED) is 0.571. The third kappa shape index (κ3) is 3.70. The van der Waals surface area contributed by atoms with Crippen molar-refractivity contribution in [3.05, 3.63) is 0 Å². The van der Waals surface area contributed by atoms with Gasteiger partial charge in [-0.05, 0) is 26.2 Å². The van der Waals surface area contributed by atoms with Gasteiger partial charge in [-0.15, -0.1) is 0 Å². The predicted molar refractivity (Wildman–Crippen MR) is 73.0 cm³/mol. The summed E-state index contributed by atoms with van der Waals surface area (Å²) in [6, 6.07) is -0.684. The smallest absolute Gasteiger partial charge is 0.336 e. The Bertz CT molecular complexity index is 386. The molecule has 0 N–H and O–H groups in total. The number of carbonyl (C=O) groups is 1. The number of aliphatic imine (C=N–C) groups is 2. The first-order valence-corrected chi connectivity index (χ1v) is 6.19. The average molecular weight is 254 g/mol. The minimum atomic E-state index is -0.684. The number of thiocarbonyl (C=S) groups is 1. The molecule has 0 bridgehead atoms. The molecule has 1 aliphatic heterocycles. The standard InChI is InChI=1S/C12H18N2O2S/c1-5-16-12(15)10-11(17)9(6-7(2)3)13-8(4)14-10/h7,10H,5-6H2,1-4H3. The minimum absolute atomic E-state index is 0.336. The second-order valence-electron chi connectivity index (χ2n) is 4.35. The number of rotatable bonds is 4. The molecule has 1 heterocycles. The van der Waals surface area contributed by atoms with E-state index in [1.165, 1.54) is 0 Å². The molecule has 0 aliphatic carbocycles. The Kier molecular flexibility index (Phi) is 4.93. The van der Waals surface area contributed by atoms with Crippen molar-refractivity contribution in [1.82, 2.24) is 0 Å². The summed E-state index contributed by atoms with van der Waals surface area (Å²) in [5.41, 5.74) is 0.792. The normalized spacial score (nSPS) is 20.1. The van der Waals surface area contributed by atoms with Crippen LogP contribution in [-0.4, -0.2) is 35.0 Å². The van der Waals surface area contributed by atoms with Gasteiger partial charge in [0.05, 0.1) is 17.2 Å². The molecule has 94 valence electrons. The monoisotopic (exact) mass is 254 g/mol. The second-order valence-corrected chi connectivity index (χ2v) is 4.79. The van der Waals surface area contributed by atoms with Crippen LogP contribution in [0.15, 0.2) is 9.98 Å². The maximum absolute atomic E-state index is 11.7. The highest BCUT2D eigenvalue weighted by atomic mass is 32.1. The lowest BCUT2D eigenvalue weighted by atomic mass is 9.99. The first-order chi connectivity index (χ1) is 7.95. The van der Waals surface area contributed by atoms with Gasteiger partial charge in [0, 0.05) is 0 Å². The summed E-state index contributed by atoms with van der Waals surface area (Å²) in [6.07, 6.45) is 0.765. The summed E-state index contributed by atoms with van der Waals surface area (Å²) < 4.78 is 4.96. The highest BCUT2D eigenvalue weighted by Gasteiger charge is 2.30. The molecular formula is C12H18N2O2S. The van der Waals surface area contributed by atoms with Crippen molar-refractivity contribution in [3.63, 3.8) is 0 Å². The van der Waals surface area contributed by atoms with E-state index in [2.05, 4.69) is 23.8 Å². The van der Waals surface area contributed by atoms with Crippen molar-refractivity contribution in [2.24, 2.45) is 15.9 Å². The number of amidine groups is 1. The van der Waals surface area contributed by atoms with Gasteiger partial charge < -0.3 is 4.74 Å². The Morgan fingerprint density at radius 3 is 2.71 bits per heavy atom. The van der Waals surface area contributed by atoms with Gasteiger partial charge in [0.2, 0.25) is 0 Å². The van der Waals surface area contributed by atoms with E-state index in [1.54, 1.807) is 13.8 Å². The van der Waals surface area contributed by atoms with Crippen LogP contribution in [0.4, 0.5) is 0 Å². The summed E-state index contributed by atoms with van der Waals surface area (Å²) in [7, 11) is 0. The zero-order chi connectivity index (χ0) is 13.0. The maximum atomic E-state index is 11.7. The van der Waals surface area contributed by atoms with Crippen LogP contribution < -0.4 is 0 Å². The molecule has 1 atom stereocenters. The Hall–Kier alpha value is -1.10. The second kappa shape index (κ2) is 6.00. The van der Waals surface area contributed by atoms with Crippen molar-refractivity contribution in [2.75, 3.05) is 6.61 Å². The van der Waals surface area contributed by atoms with Gasteiger partial charge in [-0.2, -0.15) is 0 Å². The van der Waals surface area contributed by atoms with E-state index < -0.39 is 6.04 Å². The molecule has 0 aromatic heterocycles. The Morgan fingerprint density at radius 1 is 1.53 bits per heavy atom. The molecule has 0 aromatic carbocycles. The Labute approximate surface area is 107 Å². The van der Waals surface area contributed by atoms with E-state index in [9.17, 15) is 4.79 Å². The number of carbonyl (C=O) groups excluding carboxylic acids is 1. The van der Waals surface area contributed by atoms with Crippen LogP contribution in [0.25, 0.3) is 0 Å². The summed E-state index contributed by atoms with van der Waals surface area (Å²) >= 11 is 5.27. The first kappa shape index (κ1) is 14.0. The van der Waals surface area contributed by atoms with E-state index in [0.29, 0.717) is 23.2 Å². The summed E-state index contributed by atoms with van der Waals surface area (Å²) in [6.45, 7) is 8.05. The number of hydrogen-bond acceptors (Lipinski definition) is 5. The summed E-state index contributed by atoms with van der Waals surface area (Å²) in [5, 5.41) is 0. The van der Waals surface area contributed by atoms with Gasteiger partial charge >= 0.3 is 5.97 Å². The van der Waals surface area contributed by atoms with Gasteiger partial charge in [0.25, 0.3) is 0 Å². The zero-order valence-electron chi connectivity index (χ0n) is 10.7. The van der Waals surface area contributed by atoms with Crippen molar-refractivity contribution < 1.29 is 9.53 Å². The van der Waals surface area contributed by atoms with Crippen molar-refractivity contribution in [3.8, 4) is 0 Å². The van der Waals surface area contributed by atoms with E-state index >= 15 is 0 Å². The molecule has 5 heteroatoms. The summed E-state index contributed by atoms with van der Waals surface area (Å²) in [4.78, 5) is 20.7. The van der Waals surface area contributed by atoms with E-state index in [1.807, 2.05) is 0 Å². The molecule has 0 saturated heterocycles. The molecule has 4 nitrogen and oxygen atoms in total. The lowest BCUT2D eigenvalue weighted by molar-refractivity contribution is -0.142. The number of hydrogen-bond donors (Lipinski definition) is 0. The number of ether oxygens (including phenoxy) is 1. The van der Waals surface area contributed by atoms with Gasteiger partial charge in [-0.25, -0.2) is 14.8 Å². The molecule has 0 spiro atoms. The molecular weight excluding hydrogens is 236 g/mol. The SMILES string of the molecule is CCOC(=O)C1N=C(C)N=C(CC(C)C)C1=S. The third-order valence-electron chi connectivity index (χ3n) is 2.26. The molecule has 0 fully saturated rings. The third-order valence-corrected chi connectivity index (χ3v) is 2.72. The zero-order valence-corrected chi connectivity index (χ0v) is 11.5. The Morgan fingerprint density at radius 2 is 2.18 bits per heavy atom. The molecule has 1 aliphatic rings. The molecule has 0 amide bonds. The van der Waals surface area contributed by atoms with Crippen LogP contribution in [0.1, 0.15) is 34.1 Å². The van der Waals surface area contributed by atoms with Crippen LogP contribution in [0.5, 0.6) is 0 Å². The largest absolute Gasteiger partial charge is 0.464 e. The Balaban J connectivity index is 2.88. The van der Waals surface area contributed by atoms with Gasteiger partial charge in [0.1, 0.15) is 5.84 Å². The molecule has 1 unspecified atom stereocenters. The van der Waals surface area contributed by atoms with E-state index in [0.717, 1.165) is 12.1 Å². The lowest BCUT2D eigenvalue weighted by Gasteiger charge is -2.20. The fourth-order valence-corrected chi connectivity index (χ4v) is 1.87.